The molecule has 0 unspecified atom stereocenters. The molecule has 6 nitrogen and oxygen atoms in total. The number of rotatable bonds is 4. The second-order valence-electron chi connectivity index (χ2n) is 7.69. The molecule has 0 saturated carbocycles. The smallest absolute Gasteiger partial charge is 0.196 e. The SMILES string of the molecule is CCc1coc(C[C@@H]2N=C(c3ccc(Cl)cc3)c3c(sc(C)c3C)-n3c(C)nnc32)n1. The van der Waals surface area contributed by atoms with Gasteiger partial charge in [-0.2, -0.15) is 0 Å². The predicted octanol–water partition coefficient (Wildman–Crippen LogP) is 5.59. The molecule has 3 aromatic heterocycles. The number of hydrogen-bond donors (Lipinski definition) is 0. The lowest BCUT2D eigenvalue weighted by Gasteiger charge is -2.11. The number of aromatic nitrogens is 4. The molecule has 0 N–H and O–H groups in total. The number of fused-ring (bicyclic) bond motifs is 3. The molecular weight excluding hydrogens is 430 g/mol. The molecule has 0 aliphatic carbocycles. The van der Waals surface area contributed by atoms with Crippen LogP contribution in [0, 0.1) is 20.8 Å². The molecule has 8 heteroatoms. The number of hydrogen-bond acceptors (Lipinski definition) is 6. The average Bonchev–Trinajstić information content (AvgIpc) is 3.42. The highest BCUT2D eigenvalue weighted by Crippen LogP contribution is 2.39. The molecule has 0 radical (unpaired) electrons. The molecule has 1 aliphatic heterocycles. The van der Waals surface area contributed by atoms with Crippen molar-refractivity contribution in [3.8, 4) is 5.00 Å². The quantitative estimate of drug-likeness (QED) is 0.405. The third kappa shape index (κ3) is 3.42. The maximum atomic E-state index is 6.17. The van der Waals surface area contributed by atoms with E-state index in [1.165, 1.54) is 10.4 Å². The summed E-state index contributed by atoms with van der Waals surface area (Å²) in [6.07, 6.45) is 3.07. The van der Waals surface area contributed by atoms with Crippen LogP contribution in [0.2, 0.25) is 5.02 Å². The third-order valence-corrected chi connectivity index (χ3v) is 7.13. The highest BCUT2D eigenvalue weighted by Gasteiger charge is 2.32. The summed E-state index contributed by atoms with van der Waals surface area (Å²) in [7, 11) is 0. The van der Waals surface area contributed by atoms with Gasteiger partial charge in [0.15, 0.2) is 11.7 Å². The van der Waals surface area contributed by atoms with Gasteiger partial charge in [0, 0.05) is 21.0 Å². The molecule has 1 aromatic carbocycles. The van der Waals surface area contributed by atoms with Crippen LogP contribution in [0.25, 0.3) is 5.00 Å². The van der Waals surface area contributed by atoms with Crippen LogP contribution in [0.1, 0.15) is 57.8 Å². The topological polar surface area (TPSA) is 69.1 Å². The monoisotopic (exact) mass is 451 g/mol. The summed E-state index contributed by atoms with van der Waals surface area (Å²) in [5, 5.41) is 10.7. The van der Waals surface area contributed by atoms with Gasteiger partial charge >= 0.3 is 0 Å². The number of nitrogens with zero attached hydrogens (tertiary/aromatic N) is 5. The maximum absolute atomic E-state index is 6.17. The van der Waals surface area contributed by atoms with Crippen molar-refractivity contribution in [2.75, 3.05) is 0 Å². The van der Waals surface area contributed by atoms with Crippen LogP contribution in [0.15, 0.2) is 39.9 Å². The van der Waals surface area contributed by atoms with Gasteiger partial charge in [0.2, 0.25) is 0 Å². The second kappa shape index (κ2) is 7.73. The minimum Gasteiger partial charge on any atom is -0.449 e. The van der Waals surface area contributed by atoms with E-state index in [4.69, 9.17) is 21.0 Å². The van der Waals surface area contributed by atoms with E-state index in [1.807, 2.05) is 31.2 Å². The summed E-state index contributed by atoms with van der Waals surface area (Å²) in [5.41, 5.74) is 5.24. The Morgan fingerprint density at radius 1 is 1.13 bits per heavy atom. The molecule has 1 atom stereocenters. The van der Waals surface area contributed by atoms with Crippen LogP contribution < -0.4 is 0 Å². The molecule has 1 aliphatic rings. The Kier molecular flexibility index (Phi) is 5.02. The van der Waals surface area contributed by atoms with Crippen molar-refractivity contribution < 1.29 is 4.42 Å². The standard InChI is InChI=1S/C23H22ClN5OS/c1-5-17-11-30-19(25-17)10-18-22-28-27-14(4)29(22)23-20(12(2)13(3)31-23)21(26-18)15-6-8-16(24)9-7-15/h6-9,11,18H,5,10H2,1-4H3/t18-/m0/s1. The first-order valence-corrected chi connectivity index (χ1v) is 11.4. The Bertz CT molecular complexity index is 1300. The first-order valence-electron chi connectivity index (χ1n) is 10.3. The van der Waals surface area contributed by atoms with Crippen molar-refractivity contribution in [3.05, 3.63) is 80.4 Å². The van der Waals surface area contributed by atoms with Crippen molar-refractivity contribution in [1.29, 1.82) is 0 Å². The lowest BCUT2D eigenvalue weighted by Crippen LogP contribution is -2.09. The van der Waals surface area contributed by atoms with Gasteiger partial charge in [0.1, 0.15) is 23.1 Å². The maximum Gasteiger partial charge on any atom is 0.196 e. The molecule has 0 spiro atoms. The number of halogens is 1. The van der Waals surface area contributed by atoms with Gasteiger partial charge in [-0.05, 0) is 44.9 Å². The zero-order valence-corrected chi connectivity index (χ0v) is 19.4. The first kappa shape index (κ1) is 20.2. The fourth-order valence-electron chi connectivity index (χ4n) is 3.90. The van der Waals surface area contributed by atoms with Crippen molar-refractivity contribution in [2.24, 2.45) is 4.99 Å². The van der Waals surface area contributed by atoms with Gasteiger partial charge < -0.3 is 4.42 Å². The van der Waals surface area contributed by atoms with Gasteiger partial charge in [0.25, 0.3) is 0 Å². The number of benzene rings is 1. The summed E-state index contributed by atoms with van der Waals surface area (Å²) < 4.78 is 7.87. The third-order valence-electron chi connectivity index (χ3n) is 5.69. The molecular formula is C23H22ClN5OS. The zero-order chi connectivity index (χ0) is 21.7. The fourth-order valence-corrected chi connectivity index (χ4v) is 5.24. The Labute approximate surface area is 189 Å². The van der Waals surface area contributed by atoms with Gasteiger partial charge in [-0.1, -0.05) is 30.7 Å². The van der Waals surface area contributed by atoms with Crippen LogP contribution in [-0.2, 0) is 12.8 Å². The van der Waals surface area contributed by atoms with Gasteiger partial charge in [-0.3, -0.25) is 9.56 Å². The van der Waals surface area contributed by atoms with E-state index in [9.17, 15) is 0 Å². The van der Waals surface area contributed by atoms with Crippen LogP contribution in [0.3, 0.4) is 0 Å². The molecule has 158 valence electrons. The molecule has 0 bridgehead atoms. The number of aryl methyl sites for hydroxylation is 3. The van der Waals surface area contributed by atoms with Crippen LogP contribution >= 0.6 is 22.9 Å². The minimum atomic E-state index is -0.269. The second-order valence-corrected chi connectivity index (χ2v) is 9.33. The summed E-state index contributed by atoms with van der Waals surface area (Å²) in [6, 6.07) is 7.58. The van der Waals surface area contributed by atoms with E-state index < -0.39 is 0 Å². The molecule has 4 heterocycles. The van der Waals surface area contributed by atoms with Crippen molar-refractivity contribution in [1.82, 2.24) is 19.7 Å². The van der Waals surface area contributed by atoms with Crippen LogP contribution in [0.5, 0.6) is 0 Å². The lowest BCUT2D eigenvalue weighted by atomic mass is 9.99. The minimum absolute atomic E-state index is 0.269. The van der Waals surface area contributed by atoms with E-state index in [0.29, 0.717) is 17.3 Å². The average molecular weight is 452 g/mol. The first-order chi connectivity index (χ1) is 15.0. The van der Waals surface area contributed by atoms with Gasteiger partial charge in [-0.15, -0.1) is 21.5 Å². The van der Waals surface area contributed by atoms with Gasteiger partial charge in [-0.25, -0.2) is 4.98 Å². The van der Waals surface area contributed by atoms with E-state index in [2.05, 4.69) is 40.5 Å². The van der Waals surface area contributed by atoms with E-state index in [1.54, 1.807) is 17.6 Å². The summed E-state index contributed by atoms with van der Waals surface area (Å²) >= 11 is 7.91. The summed E-state index contributed by atoms with van der Waals surface area (Å²) in [6.45, 7) is 8.34. The normalized spacial score (nSPS) is 15.4. The van der Waals surface area contributed by atoms with E-state index >= 15 is 0 Å². The Morgan fingerprint density at radius 3 is 2.61 bits per heavy atom. The largest absolute Gasteiger partial charge is 0.449 e. The van der Waals surface area contributed by atoms with Crippen LogP contribution in [-0.4, -0.2) is 25.5 Å². The summed E-state index contributed by atoms with van der Waals surface area (Å²) in [5.74, 6) is 2.31. The summed E-state index contributed by atoms with van der Waals surface area (Å²) in [4.78, 5) is 11.1. The van der Waals surface area contributed by atoms with Crippen molar-refractivity contribution in [2.45, 2.75) is 46.6 Å². The van der Waals surface area contributed by atoms with E-state index in [0.717, 1.165) is 45.6 Å². The zero-order valence-electron chi connectivity index (χ0n) is 17.8. The fraction of sp³-hybridized carbons (Fsp3) is 0.304. The Hall–Kier alpha value is -2.77. The van der Waals surface area contributed by atoms with Crippen molar-refractivity contribution in [3.63, 3.8) is 0 Å². The van der Waals surface area contributed by atoms with E-state index in [-0.39, 0.29) is 6.04 Å². The highest BCUT2D eigenvalue weighted by molar-refractivity contribution is 7.15. The number of oxazole rings is 1. The molecule has 4 aromatic rings. The Morgan fingerprint density at radius 2 is 1.90 bits per heavy atom. The molecule has 0 saturated heterocycles. The predicted molar refractivity (Wildman–Crippen MR) is 123 cm³/mol. The number of thiophene rings is 1. The van der Waals surface area contributed by atoms with Gasteiger partial charge in [0.05, 0.1) is 17.8 Å². The lowest BCUT2D eigenvalue weighted by molar-refractivity contribution is 0.467. The molecule has 0 amide bonds. The highest BCUT2D eigenvalue weighted by atomic mass is 35.5. The Balaban J connectivity index is 1.73. The molecule has 5 rings (SSSR count). The number of aliphatic imine (C=N–C) groups is 1. The molecule has 31 heavy (non-hydrogen) atoms. The van der Waals surface area contributed by atoms with Crippen LogP contribution in [0.4, 0.5) is 0 Å². The molecule has 0 fully saturated rings. The van der Waals surface area contributed by atoms with Crippen molar-refractivity contribution >= 4 is 28.6 Å².